The fraction of sp³-hybridized carbons (Fsp3) is 0.692. The van der Waals surface area contributed by atoms with Gasteiger partial charge in [-0.05, 0) is 60.1 Å². The van der Waals surface area contributed by atoms with Crippen LogP contribution in [0.3, 0.4) is 0 Å². The molecule has 0 heterocycles. The average molecular weight is 565 g/mol. The molecule has 0 spiro atoms. The summed E-state index contributed by atoms with van der Waals surface area (Å²) in [4.78, 5) is 0. The molecule has 0 radical (unpaired) electrons. The van der Waals surface area contributed by atoms with Crippen LogP contribution in [0.4, 0.5) is 0 Å². The molecule has 0 saturated carbocycles. The molecule has 2 aromatic carbocycles. The van der Waals surface area contributed by atoms with Gasteiger partial charge in [-0.15, -0.1) is 0 Å². The van der Waals surface area contributed by atoms with Crippen LogP contribution in [0.1, 0.15) is 177 Å². The van der Waals surface area contributed by atoms with Crippen molar-refractivity contribution in [3.8, 4) is 11.5 Å². The summed E-state index contributed by atoms with van der Waals surface area (Å²) in [6, 6.07) is 12.1. The Bertz CT molecular complexity index is 829. The van der Waals surface area contributed by atoms with Crippen LogP contribution in [0.25, 0.3) is 0 Å². The molecule has 0 bridgehead atoms. The quantitative estimate of drug-likeness (QED) is 0.112. The Morgan fingerprint density at radius 2 is 0.683 bits per heavy atom. The molecule has 2 N–H and O–H groups in total. The largest absolute Gasteiger partial charge is 0.508 e. The highest BCUT2D eigenvalue weighted by atomic mass is 16.3. The number of phenols is 2. The molecule has 0 amide bonds. The van der Waals surface area contributed by atoms with Crippen LogP contribution in [0, 0.1) is 0 Å². The van der Waals surface area contributed by atoms with Crippen molar-refractivity contribution < 1.29 is 10.2 Å². The maximum atomic E-state index is 10.6. The first kappa shape index (κ1) is 35.2. The second-order valence-corrected chi connectivity index (χ2v) is 12.7. The van der Waals surface area contributed by atoms with Gasteiger partial charge in [0.05, 0.1) is 0 Å². The predicted octanol–water partition coefficient (Wildman–Crippen LogP) is 12.4. The second-order valence-electron chi connectivity index (χ2n) is 12.7. The van der Waals surface area contributed by atoms with Gasteiger partial charge in [-0.25, -0.2) is 0 Å². The summed E-state index contributed by atoms with van der Waals surface area (Å²) in [5, 5.41) is 21.1. The van der Waals surface area contributed by atoms with Gasteiger partial charge in [0.25, 0.3) is 0 Å². The smallest absolute Gasteiger partial charge is 0.119 e. The Labute approximate surface area is 254 Å². The molecule has 0 unspecified atom stereocenters. The van der Waals surface area contributed by atoms with E-state index in [9.17, 15) is 10.2 Å². The molecule has 0 saturated heterocycles. The van der Waals surface area contributed by atoms with Gasteiger partial charge in [0.1, 0.15) is 11.5 Å². The van der Waals surface area contributed by atoms with Crippen molar-refractivity contribution in [3.63, 3.8) is 0 Å². The molecule has 0 atom stereocenters. The van der Waals surface area contributed by atoms with Crippen molar-refractivity contribution in [3.05, 3.63) is 58.7 Å². The summed E-state index contributed by atoms with van der Waals surface area (Å²) >= 11 is 0. The predicted molar refractivity (Wildman–Crippen MR) is 179 cm³/mol. The van der Waals surface area contributed by atoms with Crippen molar-refractivity contribution in [1.29, 1.82) is 0 Å². The van der Waals surface area contributed by atoms with Crippen LogP contribution in [-0.4, -0.2) is 10.2 Å². The highest BCUT2D eigenvalue weighted by Gasteiger charge is 2.09. The van der Waals surface area contributed by atoms with Crippen LogP contribution in [0.5, 0.6) is 11.5 Å². The highest BCUT2D eigenvalue weighted by Crippen LogP contribution is 2.28. The van der Waals surface area contributed by atoms with Gasteiger partial charge in [0, 0.05) is 6.42 Å². The first-order valence-corrected chi connectivity index (χ1v) is 17.8. The first-order valence-electron chi connectivity index (χ1n) is 17.8. The molecule has 2 nitrogen and oxygen atoms in total. The molecule has 41 heavy (non-hydrogen) atoms. The van der Waals surface area contributed by atoms with Gasteiger partial charge >= 0.3 is 0 Å². The fourth-order valence-electron chi connectivity index (χ4n) is 6.06. The molecule has 0 fully saturated rings. The molecule has 2 rings (SSSR count). The zero-order valence-corrected chi connectivity index (χ0v) is 27.0. The van der Waals surface area contributed by atoms with Crippen LogP contribution < -0.4 is 0 Å². The minimum absolute atomic E-state index is 0.336. The number of aromatic hydroxyl groups is 2. The van der Waals surface area contributed by atoms with Crippen molar-refractivity contribution >= 4 is 0 Å². The Morgan fingerprint density at radius 3 is 1.00 bits per heavy atom. The molecular weight excluding hydrogens is 500 g/mol. The zero-order valence-electron chi connectivity index (χ0n) is 27.0. The summed E-state index contributed by atoms with van der Waals surface area (Å²) in [6.07, 6.45) is 32.6. The topological polar surface area (TPSA) is 40.5 Å². The standard InChI is InChI=1S/C39H64O2/c1-3-5-7-9-11-13-15-17-19-21-23-25-34-27-29-38(40)36(31-34)33-37-32-35(28-30-39(37)41)26-24-22-20-18-16-14-12-10-8-6-4-2/h27-32,40-41H,3-26,33H2,1-2H3. The second kappa shape index (κ2) is 23.6. The van der Waals surface area contributed by atoms with Gasteiger partial charge < -0.3 is 10.2 Å². The van der Waals surface area contributed by atoms with Crippen molar-refractivity contribution in [2.24, 2.45) is 0 Å². The van der Waals surface area contributed by atoms with Crippen molar-refractivity contribution in [1.82, 2.24) is 0 Å². The van der Waals surface area contributed by atoms with Crippen LogP contribution in [-0.2, 0) is 19.3 Å². The Kier molecular flexibility index (Phi) is 20.3. The third-order valence-corrected chi connectivity index (χ3v) is 8.81. The summed E-state index contributed by atoms with van der Waals surface area (Å²) in [6.45, 7) is 4.56. The normalized spacial score (nSPS) is 11.4. The van der Waals surface area contributed by atoms with Crippen molar-refractivity contribution in [2.45, 2.75) is 174 Å². The van der Waals surface area contributed by atoms with E-state index in [-0.39, 0.29) is 0 Å². The molecule has 232 valence electrons. The number of benzene rings is 2. The number of rotatable bonds is 26. The maximum Gasteiger partial charge on any atom is 0.119 e. The summed E-state index contributed by atoms with van der Waals surface area (Å²) < 4.78 is 0. The van der Waals surface area contributed by atoms with Crippen molar-refractivity contribution in [2.75, 3.05) is 0 Å². The number of unbranched alkanes of at least 4 members (excludes halogenated alkanes) is 20. The molecular formula is C39H64O2. The first-order chi connectivity index (χ1) is 20.1. The van der Waals surface area contributed by atoms with E-state index in [0.717, 1.165) is 24.0 Å². The van der Waals surface area contributed by atoms with Crippen LogP contribution in [0.15, 0.2) is 36.4 Å². The Hall–Kier alpha value is -1.96. The molecule has 0 aliphatic carbocycles. The van der Waals surface area contributed by atoms with Gasteiger partial charge in [-0.1, -0.05) is 167 Å². The molecule has 0 aliphatic heterocycles. The van der Waals surface area contributed by atoms with E-state index in [1.54, 1.807) is 0 Å². The van der Waals surface area contributed by atoms with E-state index in [1.165, 1.54) is 152 Å². The fourth-order valence-corrected chi connectivity index (χ4v) is 6.06. The Morgan fingerprint density at radius 1 is 0.390 bits per heavy atom. The van der Waals surface area contributed by atoms with Crippen LogP contribution >= 0.6 is 0 Å². The van der Waals surface area contributed by atoms with E-state index in [4.69, 9.17) is 0 Å². The van der Waals surface area contributed by atoms with Crippen LogP contribution in [0.2, 0.25) is 0 Å². The third-order valence-electron chi connectivity index (χ3n) is 8.81. The van der Waals surface area contributed by atoms with E-state index < -0.39 is 0 Å². The average Bonchev–Trinajstić information content (AvgIpc) is 2.97. The minimum atomic E-state index is 0.336. The molecule has 0 aliphatic rings. The number of hydrogen-bond acceptors (Lipinski definition) is 2. The van der Waals surface area contributed by atoms with E-state index in [1.807, 2.05) is 12.1 Å². The zero-order chi connectivity index (χ0) is 29.4. The summed E-state index contributed by atoms with van der Waals surface area (Å²) in [5.41, 5.74) is 4.44. The monoisotopic (exact) mass is 564 g/mol. The lowest BCUT2D eigenvalue weighted by Crippen LogP contribution is -1.95. The van der Waals surface area contributed by atoms with E-state index in [2.05, 4.69) is 38.1 Å². The number of aryl methyl sites for hydroxylation is 2. The highest BCUT2D eigenvalue weighted by molar-refractivity contribution is 5.44. The van der Waals surface area contributed by atoms with Gasteiger partial charge in [-0.3, -0.25) is 0 Å². The number of phenolic OH excluding ortho intramolecular Hbond substituents is 2. The minimum Gasteiger partial charge on any atom is -0.508 e. The lowest BCUT2D eigenvalue weighted by molar-refractivity contribution is 0.462. The maximum absolute atomic E-state index is 10.6. The van der Waals surface area contributed by atoms with E-state index in [0.29, 0.717) is 17.9 Å². The molecule has 2 aromatic rings. The van der Waals surface area contributed by atoms with Gasteiger partial charge in [0.15, 0.2) is 0 Å². The SMILES string of the molecule is CCCCCCCCCCCCCc1ccc(O)c(Cc2cc(CCCCCCCCCCCCC)ccc2O)c1. The van der Waals surface area contributed by atoms with Gasteiger partial charge in [0.2, 0.25) is 0 Å². The summed E-state index contributed by atoms with van der Waals surface area (Å²) in [5.74, 6) is 0.672. The third kappa shape index (κ3) is 16.9. The van der Waals surface area contributed by atoms with Gasteiger partial charge in [-0.2, -0.15) is 0 Å². The lowest BCUT2D eigenvalue weighted by Gasteiger charge is -2.11. The molecule has 2 heteroatoms. The van der Waals surface area contributed by atoms with E-state index >= 15 is 0 Å². The molecule has 0 aromatic heterocycles. The summed E-state index contributed by atoms with van der Waals surface area (Å²) in [7, 11) is 0. The number of hydrogen-bond donors (Lipinski definition) is 2. The Balaban J connectivity index is 1.66. The lowest BCUT2D eigenvalue weighted by atomic mass is 9.96.